The standard InChI is InChI=1S/C14H17NO3/c1-4-15-7-6-12(16)10-8-13(17-3)14(18-5-2)9-11(10)15/h6-9H,4-5H2,1-3H3. The zero-order valence-electron chi connectivity index (χ0n) is 10.9. The second kappa shape index (κ2) is 5.12. The number of hydrogen-bond donors (Lipinski definition) is 0. The van der Waals surface area contributed by atoms with Crippen LogP contribution in [-0.4, -0.2) is 18.3 Å². The molecule has 0 spiro atoms. The molecule has 4 heteroatoms. The normalized spacial score (nSPS) is 10.6. The molecule has 2 rings (SSSR count). The lowest BCUT2D eigenvalue weighted by Crippen LogP contribution is -2.08. The number of benzene rings is 1. The van der Waals surface area contributed by atoms with Crippen molar-refractivity contribution < 1.29 is 9.47 Å². The number of rotatable bonds is 4. The summed E-state index contributed by atoms with van der Waals surface area (Å²) in [6.45, 7) is 5.32. The van der Waals surface area contributed by atoms with Gasteiger partial charge in [-0.3, -0.25) is 4.79 Å². The van der Waals surface area contributed by atoms with E-state index in [1.165, 1.54) is 0 Å². The number of fused-ring (bicyclic) bond motifs is 1. The molecule has 0 aliphatic heterocycles. The van der Waals surface area contributed by atoms with Crippen LogP contribution >= 0.6 is 0 Å². The molecule has 1 aromatic carbocycles. The minimum Gasteiger partial charge on any atom is -0.493 e. The summed E-state index contributed by atoms with van der Waals surface area (Å²) in [6.07, 6.45) is 1.80. The Morgan fingerprint density at radius 2 is 2.00 bits per heavy atom. The predicted molar refractivity (Wildman–Crippen MR) is 71.6 cm³/mol. The van der Waals surface area contributed by atoms with Gasteiger partial charge in [0.25, 0.3) is 0 Å². The van der Waals surface area contributed by atoms with E-state index in [9.17, 15) is 4.79 Å². The highest BCUT2D eigenvalue weighted by molar-refractivity contribution is 5.83. The van der Waals surface area contributed by atoms with Crippen LogP contribution in [0.4, 0.5) is 0 Å². The fourth-order valence-electron chi connectivity index (χ4n) is 2.02. The lowest BCUT2D eigenvalue weighted by molar-refractivity contribution is 0.311. The quantitative estimate of drug-likeness (QED) is 0.833. The molecule has 0 aliphatic carbocycles. The third-order valence-electron chi connectivity index (χ3n) is 2.90. The van der Waals surface area contributed by atoms with E-state index >= 15 is 0 Å². The van der Waals surface area contributed by atoms with Gasteiger partial charge in [-0.15, -0.1) is 0 Å². The van der Waals surface area contributed by atoms with Gasteiger partial charge < -0.3 is 14.0 Å². The average Bonchev–Trinajstić information content (AvgIpc) is 2.39. The van der Waals surface area contributed by atoms with Crippen molar-refractivity contribution in [3.05, 3.63) is 34.6 Å². The molecule has 0 fully saturated rings. The van der Waals surface area contributed by atoms with Crippen molar-refractivity contribution in [3.63, 3.8) is 0 Å². The highest BCUT2D eigenvalue weighted by Crippen LogP contribution is 2.31. The Morgan fingerprint density at radius 1 is 1.22 bits per heavy atom. The maximum atomic E-state index is 11.9. The smallest absolute Gasteiger partial charge is 0.189 e. The molecule has 1 heterocycles. The van der Waals surface area contributed by atoms with Gasteiger partial charge in [0.05, 0.1) is 19.2 Å². The summed E-state index contributed by atoms with van der Waals surface area (Å²) >= 11 is 0. The predicted octanol–water partition coefficient (Wildman–Crippen LogP) is 2.43. The van der Waals surface area contributed by atoms with E-state index in [0.29, 0.717) is 23.5 Å². The Bertz CT molecular complexity index is 616. The fraction of sp³-hybridized carbons (Fsp3) is 0.357. The summed E-state index contributed by atoms with van der Waals surface area (Å²) < 4.78 is 12.8. The Morgan fingerprint density at radius 3 is 2.61 bits per heavy atom. The van der Waals surface area contributed by atoms with E-state index in [1.807, 2.05) is 24.5 Å². The zero-order valence-corrected chi connectivity index (χ0v) is 10.9. The van der Waals surface area contributed by atoms with Crippen molar-refractivity contribution >= 4 is 10.9 Å². The third-order valence-corrected chi connectivity index (χ3v) is 2.90. The second-order valence-corrected chi connectivity index (χ2v) is 3.92. The van der Waals surface area contributed by atoms with Gasteiger partial charge in [0.15, 0.2) is 16.9 Å². The molecule has 0 unspecified atom stereocenters. The number of hydrogen-bond acceptors (Lipinski definition) is 3. The molecule has 0 aliphatic rings. The first-order valence-electron chi connectivity index (χ1n) is 6.05. The van der Waals surface area contributed by atoms with Crippen LogP contribution in [-0.2, 0) is 6.54 Å². The summed E-state index contributed by atoms with van der Waals surface area (Å²) in [5.74, 6) is 1.26. The van der Waals surface area contributed by atoms with Crippen LogP contribution in [0.5, 0.6) is 11.5 Å². The molecule has 1 aromatic heterocycles. The van der Waals surface area contributed by atoms with Crippen LogP contribution in [0.3, 0.4) is 0 Å². The minimum absolute atomic E-state index is 0.00366. The van der Waals surface area contributed by atoms with Gasteiger partial charge in [0.2, 0.25) is 0 Å². The average molecular weight is 247 g/mol. The van der Waals surface area contributed by atoms with Gasteiger partial charge in [-0.1, -0.05) is 0 Å². The lowest BCUT2D eigenvalue weighted by Gasteiger charge is -2.13. The molecule has 96 valence electrons. The van der Waals surface area contributed by atoms with Crippen molar-refractivity contribution in [2.24, 2.45) is 0 Å². The number of ether oxygens (including phenoxy) is 2. The van der Waals surface area contributed by atoms with E-state index in [-0.39, 0.29) is 5.43 Å². The molecule has 0 N–H and O–H groups in total. The van der Waals surface area contributed by atoms with Crippen molar-refractivity contribution in [3.8, 4) is 11.5 Å². The van der Waals surface area contributed by atoms with E-state index in [0.717, 1.165) is 12.1 Å². The summed E-state index contributed by atoms with van der Waals surface area (Å²) in [5.41, 5.74) is 0.866. The summed E-state index contributed by atoms with van der Waals surface area (Å²) in [4.78, 5) is 11.9. The molecular weight excluding hydrogens is 230 g/mol. The van der Waals surface area contributed by atoms with Crippen molar-refractivity contribution in [1.82, 2.24) is 4.57 Å². The maximum Gasteiger partial charge on any atom is 0.189 e. The van der Waals surface area contributed by atoms with Crippen molar-refractivity contribution in [1.29, 1.82) is 0 Å². The maximum absolute atomic E-state index is 11.9. The Labute approximate surface area is 106 Å². The zero-order chi connectivity index (χ0) is 13.1. The van der Waals surface area contributed by atoms with Crippen LogP contribution < -0.4 is 14.9 Å². The molecule has 0 saturated carbocycles. The number of pyridine rings is 1. The molecule has 0 atom stereocenters. The van der Waals surface area contributed by atoms with Crippen LogP contribution in [0.2, 0.25) is 0 Å². The first kappa shape index (κ1) is 12.5. The summed E-state index contributed by atoms with van der Waals surface area (Å²) in [5, 5.41) is 0.652. The minimum atomic E-state index is -0.00366. The molecular formula is C14H17NO3. The van der Waals surface area contributed by atoms with E-state index in [4.69, 9.17) is 9.47 Å². The van der Waals surface area contributed by atoms with Crippen LogP contribution in [0.1, 0.15) is 13.8 Å². The molecule has 0 bridgehead atoms. The van der Waals surface area contributed by atoms with E-state index < -0.39 is 0 Å². The first-order chi connectivity index (χ1) is 8.71. The van der Waals surface area contributed by atoms with Gasteiger partial charge in [0.1, 0.15) is 0 Å². The lowest BCUT2D eigenvalue weighted by atomic mass is 10.2. The molecule has 4 nitrogen and oxygen atoms in total. The highest BCUT2D eigenvalue weighted by Gasteiger charge is 2.10. The molecule has 18 heavy (non-hydrogen) atoms. The van der Waals surface area contributed by atoms with Gasteiger partial charge in [-0.05, 0) is 19.9 Å². The highest BCUT2D eigenvalue weighted by atomic mass is 16.5. The van der Waals surface area contributed by atoms with Gasteiger partial charge in [-0.2, -0.15) is 0 Å². The molecule has 0 radical (unpaired) electrons. The Balaban J connectivity index is 2.77. The van der Waals surface area contributed by atoms with Gasteiger partial charge >= 0.3 is 0 Å². The second-order valence-electron chi connectivity index (χ2n) is 3.92. The van der Waals surface area contributed by atoms with Crippen LogP contribution in [0.15, 0.2) is 29.2 Å². The number of nitrogens with zero attached hydrogens (tertiary/aromatic N) is 1. The fourth-order valence-corrected chi connectivity index (χ4v) is 2.02. The van der Waals surface area contributed by atoms with Crippen LogP contribution in [0.25, 0.3) is 10.9 Å². The van der Waals surface area contributed by atoms with Gasteiger partial charge in [-0.25, -0.2) is 0 Å². The summed E-state index contributed by atoms with van der Waals surface area (Å²) in [6, 6.07) is 5.18. The number of aromatic nitrogens is 1. The monoisotopic (exact) mass is 247 g/mol. The number of aryl methyl sites for hydroxylation is 1. The first-order valence-corrected chi connectivity index (χ1v) is 6.05. The number of methoxy groups -OCH3 is 1. The van der Waals surface area contributed by atoms with E-state index in [2.05, 4.69) is 0 Å². The largest absolute Gasteiger partial charge is 0.493 e. The van der Waals surface area contributed by atoms with Crippen LogP contribution in [0, 0.1) is 0 Å². The molecule has 0 saturated heterocycles. The Kier molecular flexibility index (Phi) is 3.55. The molecule has 0 amide bonds. The van der Waals surface area contributed by atoms with Gasteiger partial charge in [0, 0.05) is 30.3 Å². The van der Waals surface area contributed by atoms with Crippen molar-refractivity contribution in [2.75, 3.05) is 13.7 Å². The SMILES string of the molecule is CCOc1cc2c(cc1OC)c(=O)ccn2CC. The van der Waals surface area contributed by atoms with E-state index in [1.54, 1.807) is 25.4 Å². The topological polar surface area (TPSA) is 40.5 Å². The Hall–Kier alpha value is -1.97. The summed E-state index contributed by atoms with van der Waals surface area (Å²) in [7, 11) is 1.57. The van der Waals surface area contributed by atoms with Crippen molar-refractivity contribution in [2.45, 2.75) is 20.4 Å². The third kappa shape index (κ3) is 2.06. The molecule has 2 aromatic rings.